The van der Waals surface area contributed by atoms with Crippen LogP contribution >= 0.6 is 0 Å². The van der Waals surface area contributed by atoms with Gasteiger partial charge in [-0.25, -0.2) is 0 Å². The van der Waals surface area contributed by atoms with Crippen molar-refractivity contribution in [2.24, 2.45) is 0 Å². The topological polar surface area (TPSA) is 60.7 Å². The van der Waals surface area contributed by atoms with Crippen molar-refractivity contribution < 1.29 is 15.3 Å². The normalized spacial score (nSPS) is 5.46. The highest BCUT2D eigenvalue weighted by molar-refractivity contribution is 5.58. The van der Waals surface area contributed by atoms with Gasteiger partial charge in [0.2, 0.25) is 0 Å². The molecule has 0 aromatic heterocycles. The Morgan fingerprint density at radius 3 is 1.46 bits per heavy atom. The lowest BCUT2D eigenvalue weighted by atomic mass is 10.1. The molecule has 0 saturated carbocycles. The summed E-state index contributed by atoms with van der Waals surface area (Å²) in [6.45, 7) is 0. The highest BCUT2D eigenvalue weighted by Crippen LogP contribution is 1.99. The predicted molar refractivity (Wildman–Crippen MR) is 45.0 cm³/mol. The van der Waals surface area contributed by atoms with Crippen molar-refractivity contribution in [1.82, 2.24) is 0 Å². The van der Waals surface area contributed by atoms with Crippen LogP contribution in [0, 0.1) is 48.4 Å². The molecule has 0 bridgehead atoms. The van der Waals surface area contributed by atoms with Crippen LogP contribution in [-0.2, 0) is 0 Å². The van der Waals surface area contributed by atoms with Crippen molar-refractivity contribution in [3.05, 3.63) is 11.1 Å². The van der Waals surface area contributed by atoms with E-state index in [4.69, 9.17) is 21.7 Å². The average Bonchev–Trinajstić information content (AvgIpc) is 2.14. The molecular weight excluding hydrogens is 168 g/mol. The summed E-state index contributed by atoms with van der Waals surface area (Å²) in [6.07, 6.45) is 9.69. The summed E-state index contributed by atoms with van der Waals surface area (Å²) >= 11 is 0. The van der Waals surface area contributed by atoms with E-state index in [1.807, 2.05) is 0 Å². The number of hydrogen-bond acceptors (Lipinski definition) is 3. The molecular formula is C10H4O3. The summed E-state index contributed by atoms with van der Waals surface area (Å²) in [4.78, 5) is 0. The lowest BCUT2D eigenvalue weighted by Gasteiger charge is -1.86. The molecule has 0 aromatic rings. The SMILES string of the molecule is C#CC(C#CO)=C(C#CO)C#CO. The molecule has 0 aliphatic heterocycles. The molecule has 3 N–H and O–H groups in total. The first-order valence-electron chi connectivity index (χ1n) is 2.96. The van der Waals surface area contributed by atoms with Crippen LogP contribution in [0.5, 0.6) is 0 Å². The summed E-state index contributed by atoms with van der Waals surface area (Å²) in [5, 5.41) is 24.7. The third-order valence-electron chi connectivity index (χ3n) is 0.937. The molecule has 0 rings (SSSR count). The standard InChI is InChI=1S/C10H4O3/c1-2-9(3-6-11)10(4-7-12)5-8-13/h1,11-13H. The molecule has 0 heterocycles. The molecule has 0 fully saturated rings. The fraction of sp³-hybridized carbons (Fsp3) is 0. The Hall–Kier alpha value is -2.62. The first-order valence-corrected chi connectivity index (χ1v) is 2.96. The molecule has 0 unspecified atom stereocenters. The highest BCUT2D eigenvalue weighted by atomic mass is 16.2. The van der Waals surface area contributed by atoms with Crippen molar-refractivity contribution in [3.8, 4) is 48.4 Å². The van der Waals surface area contributed by atoms with Crippen LogP contribution in [0.25, 0.3) is 0 Å². The third kappa shape index (κ3) is 3.33. The van der Waals surface area contributed by atoms with Crippen LogP contribution in [0.4, 0.5) is 0 Å². The van der Waals surface area contributed by atoms with Crippen LogP contribution in [0.3, 0.4) is 0 Å². The number of hydrogen-bond donors (Lipinski definition) is 3. The third-order valence-corrected chi connectivity index (χ3v) is 0.937. The Morgan fingerprint density at radius 1 is 0.769 bits per heavy atom. The summed E-state index contributed by atoms with van der Waals surface area (Å²) in [6, 6.07) is 0. The van der Waals surface area contributed by atoms with E-state index in [0.29, 0.717) is 0 Å². The van der Waals surface area contributed by atoms with Crippen molar-refractivity contribution in [2.75, 3.05) is 0 Å². The predicted octanol–water partition coefficient (Wildman–Crippen LogP) is -0.0836. The van der Waals surface area contributed by atoms with E-state index in [2.05, 4.69) is 23.7 Å². The Balaban J connectivity index is 5.42. The molecule has 3 heteroatoms. The molecule has 0 radical (unpaired) electrons. The maximum atomic E-state index is 8.25. The quantitative estimate of drug-likeness (QED) is 0.448. The summed E-state index contributed by atoms with van der Waals surface area (Å²) in [5.41, 5.74) is -0.0420. The summed E-state index contributed by atoms with van der Waals surface area (Å²) < 4.78 is 0. The smallest absolute Gasteiger partial charge is 0.113 e. The van der Waals surface area contributed by atoms with Crippen molar-refractivity contribution in [1.29, 1.82) is 0 Å². The number of rotatable bonds is 0. The Labute approximate surface area is 75.7 Å². The zero-order chi connectivity index (χ0) is 10.1. The maximum absolute atomic E-state index is 8.25. The first kappa shape index (κ1) is 10.4. The van der Waals surface area contributed by atoms with Crippen LogP contribution in [-0.4, -0.2) is 15.3 Å². The Kier molecular flexibility index (Phi) is 4.88. The molecule has 0 atom stereocenters. The first-order chi connectivity index (χ1) is 6.29. The number of aliphatic hydroxyl groups excluding tert-OH is 3. The van der Waals surface area contributed by atoms with E-state index in [9.17, 15) is 0 Å². The van der Waals surface area contributed by atoms with E-state index in [1.165, 1.54) is 0 Å². The second kappa shape index (κ2) is 6.11. The van der Waals surface area contributed by atoms with Gasteiger partial charge in [-0.2, -0.15) is 0 Å². The molecule has 0 spiro atoms. The Morgan fingerprint density at radius 2 is 1.15 bits per heavy atom. The minimum Gasteiger partial charge on any atom is -0.462 e. The van der Waals surface area contributed by atoms with E-state index in [-0.39, 0.29) is 11.1 Å². The van der Waals surface area contributed by atoms with Gasteiger partial charge < -0.3 is 15.3 Å². The molecule has 0 aromatic carbocycles. The maximum Gasteiger partial charge on any atom is 0.113 e. The van der Waals surface area contributed by atoms with Gasteiger partial charge in [0, 0.05) is 0 Å². The molecule has 0 aliphatic carbocycles. The zero-order valence-corrected chi connectivity index (χ0v) is 6.42. The minimum absolute atomic E-state index is 0.00870. The van der Waals surface area contributed by atoms with Gasteiger partial charge in [-0.3, -0.25) is 0 Å². The lowest BCUT2D eigenvalue weighted by Crippen LogP contribution is -1.83. The van der Waals surface area contributed by atoms with Crippen molar-refractivity contribution in [3.63, 3.8) is 0 Å². The molecule has 13 heavy (non-hydrogen) atoms. The van der Waals surface area contributed by atoms with Gasteiger partial charge in [0.15, 0.2) is 0 Å². The largest absolute Gasteiger partial charge is 0.462 e. The van der Waals surface area contributed by atoms with Crippen LogP contribution in [0.2, 0.25) is 0 Å². The fourth-order valence-corrected chi connectivity index (χ4v) is 0.495. The van der Waals surface area contributed by atoms with E-state index >= 15 is 0 Å². The monoisotopic (exact) mass is 172 g/mol. The van der Waals surface area contributed by atoms with Gasteiger partial charge in [0.25, 0.3) is 0 Å². The Bertz CT molecular complexity index is 408. The fourth-order valence-electron chi connectivity index (χ4n) is 0.495. The lowest BCUT2D eigenvalue weighted by molar-refractivity contribution is 0.515. The number of terminal acetylenes is 1. The van der Waals surface area contributed by atoms with Crippen LogP contribution in [0.15, 0.2) is 11.1 Å². The van der Waals surface area contributed by atoms with Crippen molar-refractivity contribution in [2.45, 2.75) is 0 Å². The van der Waals surface area contributed by atoms with Gasteiger partial charge in [-0.1, -0.05) is 5.92 Å². The molecule has 0 saturated heterocycles. The number of aliphatic hydroxyl groups is 3. The zero-order valence-electron chi connectivity index (χ0n) is 6.42. The van der Waals surface area contributed by atoms with Gasteiger partial charge in [0.1, 0.15) is 29.5 Å². The average molecular weight is 172 g/mol. The number of allylic oxidation sites excluding steroid dienone is 2. The molecule has 3 nitrogen and oxygen atoms in total. The summed E-state index contributed by atoms with van der Waals surface area (Å²) in [7, 11) is 0. The second-order valence-electron chi connectivity index (χ2n) is 1.60. The molecule has 62 valence electrons. The van der Waals surface area contributed by atoms with Gasteiger partial charge >= 0.3 is 0 Å². The van der Waals surface area contributed by atoms with Gasteiger partial charge in [-0.05, 0) is 17.8 Å². The highest BCUT2D eigenvalue weighted by Gasteiger charge is 1.96. The summed E-state index contributed by atoms with van der Waals surface area (Å²) in [5.74, 6) is 8.44. The van der Waals surface area contributed by atoms with Crippen LogP contribution < -0.4 is 0 Å². The minimum atomic E-state index is -0.0333. The van der Waals surface area contributed by atoms with Crippen LogP contribution in [0.1, 0.15) is 0 Å². The van der Waals surface area contributed by atoms with Crippen molar-refractivity contribution >= 4 is 0 Å². The van der Waals surface area contributed by atoms with Gasteiger partial charge in [0.05, 0.1) is 0 Å². The molecule has 0 aliphatic rings. The molecule has 0 amide bonds. The van der Waals surface area contributed by atoms with E-state index < -0.39 is 0 Å². The van der Waals surface area contributed by atoms with Gasteiger partial charge in [-0.15, -0.1) is 6.42 Å². The van der Waals surface area contributed by atoms with E-state index in [1.54, 1.807) is 18.3 Å². The second-order valence-corrected chi connectivity index (χ2v) is 1.60. The van der Waals surface area contributed by atoms with E-state index in [0.717, 1.165) is 0 Å².